The molecule has 84 valence electrons. The van der Waals surface area contributed by atoms with Gasteiger partial charge in [-0.15, -0.1) is 15.6 Å². The number of thiophene rings is 1. The third-order valence-electron chi connectivity index (χ3n) is 2.13. The molecule has 0 aliphatic heterocycles. The van der Waals surface area contributed by atoms with E-state index in [2.05, 4.69) is 0 Å². The minimum Gasteiger partial charge on any atom is -0.206 e. The van der Waals surface area contributed by atoms with Crippen LogP contribution in [0.15, 0.2) is 21.7 Å². The first-order valence-electron chi connectivity index (χ1n) is 4.38. The molecule has 0 amide bonds. The Hall–Kier alpha value is -0.530. The molecule has 7 heteroatoms. The van der Waals surface area contributed by atoms with Gasteiger partial charge in [-0.1, -0.05) is 6.07 Å². The van der Waals surface area contributed by atoms with Crippen LogP contribution in [0.4, 0.5) is 8.78 Å². The van der Waals surface area contributed by atoms with Gasteiger partial charge >= 0.3 is 6.55 Å². The van der Waals surface area contributed by atoms with Gasteiger partial charge in [0.05, 0.1) is 0 Å². The van der Waals surface area contributed by atoms with Crippen LogP contribution >= 0.6 is 11.3 Å². The van der Waals surface area contributed by atoms with Gasteiger partial charge in [0.2, 0.25) is 0 Å². The first-order valence-corrected chi connectivity index (χ1v) is 6.70. The molecular weight excluding hydrogens is 244 g/mol. The number of hydrogen-bond acceptors (Lipinski definition) is 3. The fourth-order valence-corrected chi connectivity index (χ4v) is 3.93. The Morgan fingerprint density at radius 1 is 1.47 bits per heavy atom. The number of rotatable bonds is 4. The molecule has 1 saturated carbocycles. The van der Waals surface area contributed by atoms with Crippen molar-refractivity contribution in [3.05, 3.63) is 17.5 Å². The first kappa shape index (κ1) is 11.0. The van der Waals surface area contributed by atoms with Crippen LogP contribution in [0.5, 0.6) is 0 Å². The number of alkyl halides is 2. The molecule has 1 aromatic rings. The Morgan fingerprint density at radius 2 is 2.13 bits per heavy atom. The quantitative estimate of drug-likeness (QED) is 0.771. The highest BCUT2D eigenvalue weighted by Gasteiger charge is 2.43. The molecule has 2 rings (SSSR count). The number of halogens is 2. The molecule has 0 radical (unpaired) electrons. The lowest BCUT2D eigenvalue weighted by Crippen LogP contribution is -2.36. The zero-order valence-electron chi connectivity index (χ0n) is 7.64. The van der Waals surface area contributed by atoms with Gasteiger partial charge in [-0.25, -0.2) is 8.42 Å². The van der Waals surface area contributed by atoms with Crippen LogP contribution in [0.1, 0.15) is 12.8 Å². The van der Waals surface area contributed by atoms with E-state index in [0.29, 0.717) is 17.1 Å². The maximum absolute atomic E-state index is 12.6. The van der Waals surface area contributed by atoms with Crippen LogP contribution in [0.2, 0.25) is 0 Å². The average molecular weight is 253 g/mol. The van der Waals surface area contributed by atoms with Gasteiger partial charge in [-0.05, 0) is 24.3 Å². The van der Waals surface area contributed by atoms with Crippen LogP contribution in [0.25, 0.3) is 0 Å². The molecule has 0 saturated heterocycles. The Labute approximate surface area is 90.4 Å². The molecule has 15 heavy (non-hydrogen) atoms. The van der Waals surface area contributed by atoms with Crippen LogP contribution in [-0.4, -0.2) is 25.3 Å². The second-order valence-electron chi connectivity index (χ2n) is 3.28. The number of hydrogen-bond donors (Lipinski definition) is 0. The average Bonchev–Trinajstić information content (AvgIpc) is 2.80. The second kappa shape index (κ2) is 3.80. The Bertz CT molecular complexity index is 424. The van der Waals surface area contributed by atoms with E-state index < -0.39 is 22.6 Å². The fraction of sp³-hybridized carbons (Fsp3) is 0.500. The first-order chi connectivity index (χ1) is 7.03. The second-order valence-corrected chi connectivity index (χ2v) is 6.29. The number of sulfonamides is 1. The maximum atomic E-state index is 12.6. The van der Waals surface area contributed by atoms with Crippen molar-refractivity contribution in [2.24, 2.45) is 0 Å². The van der Waals surface area contributed by atoms with E-state index in [1.54, 1.807) is 5.38 Å². The Morgan fingerprint density at radius 3 is 2.53 bits per heavy atom. The lowest BCUT2D eigenvalue weighted by Gasteiger charge is -2.19. The Balaban J connectivity index is 2.34. The summed E-state index contributed by atoms with van der Waals surface area (Å²) in [6.07, 6.45) is 1.05. The van der Waals surface area contributed by atoms with Gasteiger partial charge < -0.3 is 0 Å². The molecule has 1 fully saturated rings. The summed E-state index contributed by atoms with van der Waals surface area (Å²) >= 11 is 0.958. The van der Waals surface area contributed by atoms with Crippen molar-refractivity contribution < 1.29 is 17.2 Å². The summed E-state index contributed by atoms with van der Waals surface area (Å²) in [4.78, 5) is 0. The predicted octanol–water partition coefficient (Wildman–Crippen LogP) is 2.12. The smallest absolute Gasteiger partial charge is 0.206 e. The summed E-state index contributed by atoms with van der Waals surface area (Å²) in [5, 5.41) is 1.56. The van der Waals surface area contributed by atoms with Crippen molar-refractivity contribution in [3.8, 4) is 0 Å². The molecule has 1 aromatic heterocycles. The fourth-order valence-electron chi connectivity index (χ4n) is 1.30. The van der Waals surface area contributed by atoms with E-state index in [1.807, 2.05) is 0 Å². The summed E-state index contributed by atoms with van der Waals surface area (Å²) < 4.78 is 49.1. The van der Waals surface area contributed by atoms with E-state index in [1.165, 1.54) is 12.1 Å². The summed E-state index contributed by atoms with van der Waals surface area (Å²) in [5.74, 6) is 0. The molecule has 3 nitrogen and oxygen atoms in total. The topological polar surface area (TPSA) is 37.4 Å². The van der Waals surface area contributed by atoms with Crippen molar-refractivity contribution >= 4 is 21.4 Å². The minimum atomic E-state index is -3.99. The molecule has 1 aliphatic rings. The van der Waals surface area contributed by atoms with Gasteiger partial charge in [0, 0.05) is 6.04 Å². The van der Waals surface area contributed by atoms with Crippen LogP contribution in [0.3, 0.4) is 0 Å². The zero-order chi connectivity index (χ0) is 11.1. The van der Waals surface area contributed by atoms with E-state index in [0.717, 1.165) is 11.3 Å². The van der Waals surface area contributed by atoms with Crippen molar-refractivity contribution in [1.82, 2.24) is 4.31 Å². The summed E-state index contributed by atoms with van der Waals surface area (Å²) in [6.45, 7) is -2.95. The van der Waals surface area contributed by atoms with Gasteiger partial charge in [-0.2, -0.15) is 8.78 Å². The molecule has 0 spiro atoms. The van der Waals surface area contributed by atoms with Gasteiger partial charge in [0.1, 0.15) is 4.21 Å². The molecule has 0 N–H and O–H groups in total. The van der Waals surface area contributed by atoms with Gasteiger partial charge in [0.15, 0.2) is 0 Å². The van der Waals surface area contributed by atoms with Crippen molar-refractivity contribution in [1.29, 1.82) is 0 Å². The summed E-state index contributed by atoms with van der Waals surface area (Å²) in [5.41, 5.74) is 0. The van der Waals surface area contributed by atoms with Crippen molar-refractivity contribution in [3.63, 3.8) is 0 Å². The normalized spacial score (nSPS) is 17.6. The molecule has 0 atom stereocenters. The van der Waals surface area contributed by atoms with Crippen molar-refractivity contribution in [2.45, 2.75) is 29.6 Å². The van der Waals surface area contributed by atoms with Gasteiger partial charge in [0.25, 0.3) is 10.0 Å². The van der Waals surface area contributed by atoms with Crippen LogP contribution in [0, 0.1) is 0 Å². The lowest BCUT2D eigenvalue weighted by atomic mass is 10.7. The SMILES string of the molecule is O=S(=O)(c1cccs1)N(C(F)F)C1CC1. The van der Waals surface area contributed by atoms with E-state index in [9.17, 15) is 17.2 Å². The molecule has 0 aromatic carbocycles. The zero-order valence-corrected chi connectivity index (χ0v) is 9.27. The molecular formula is C8H9F2NO2S2. The van der Waals surface area contributed by atoms with E-state index >= 15 is 0 Å². The van der Waals surface area contributed by atoms with Crippen LogP contribution in [-0.2, 0) is 10.0 Å². The summed E-state index contributed by atoms with van der Waals surface area (Å²) in [7, 11) is -3.99. The Kier molecular flexibility index (Phi) is 2.78. The molecule has 0 unspecified atom stereocenters. The number of nitrogens with zero attached hydrogens (tertiary/aromatic N) is 1. The molecule has 1 heterocycles. The van der Waals surface area contributed by atoms with Crippen LogP contribution < -0.4 is 0 Å². The third kappa shape index (κ3) is 2.04. The minimum absolute atomic E-state index is 0.0188. The third-order valence-corrected chi connectivity index (χ3v) is 5.37. The monoisotopic (exact) mass is 253 g/mol. The summed E-state index contributed by atoms with van der Waals surface area (Å²) in [6, 6.07) is 2.36. The maximum Gasteiger partial charge on any atom is 0.307 e. The highest BCUT2D eigenvalue weighted by Crippen LogP contribution is 2.35. The predicted molar refractivity (Wildman–Crippen MR) is 52.4 cm³/mol. The highest BCUT2D eigenvalue weighted by atomic mass is 32.2. The molecule has 0 bridgehead atoms. The largest absolute Gasteiger partial charge is 0.307 e. The lowest BCUT2D eigenvalue weighted by molar-refractivity contribution is 0.0269. The standard InChI is InChI=1S/C8H9F2NO2S2/c9-8(10)11(6-3-4-6)15(12,13)7-2-1-5-14-7/h1-2,5-6,8H,3-4H2. The molecule has 1 aliphatic carbocycles. The highest BCUT2D eigenvalue weighted by molar-refractivity contribution is 7.91. The van der Waals surface area contributed by atoms with E-state index in [4.69, 9.17) is 0 Å². The van der Waals surface area contributed by atoms with E-state index in [-0.39, 0.29) is 4.21 Å². The van der Waals surface area contributed by atoms with Crippen molar-refractivity contribution in [2.75, 3.05) is 0 Å². The van der Waals surface area contributed by atoms with Gasteiger partial charge in [-0.3, -0.25) is 0 Å².